The predicted octanol–water partition coefficient (Wildman–Crippen LogP) is 4.62. The number of carbonyl (C=O) groups excluding carboxylic acids is 2. The first kappa shape index (κ1) is 24.2. The number of alkyl halides is 3. The number of carbonyl (C=O) groups is 2. The van der Waals surface area contributed by atoms with E-state index in [2.05, 4.69) is 20.5 Å². The highest BCUT2D eigenvalue weighted by Crippen LogP contribution is 2.28. The van der Waals surface area contributed by atoms with Crippen LogP contribution in [0.1, 0.15) is 60.1 Å². The summed E-state index contributed by atoms with van der Waals surface area (Å²) in [6.45, 7) is 2.35. The van der Waals surface area contributed by atoms with Crippen LogP contribution in [-0.4, -0.2) is 40.8 Å². The van der Waals surface area contributed by atoms with E-state index < -0.39 is 17.6 Å². The maximum absolute atomic E-state index is 12.7. The molecule has 0 radical (unpaired) electrons. The predicted molar refractivity (Wildman–Crippen MR) is 122 cm³/mol. The summed E-state index contributed by atoms with van der Waals surface area (Å²) in [5.74, 6) is -0.313. The van der Waals surface area contributed by atoms with Crippen molar-refractivity contribution >= 4 is 17.5 Å². The Labute approximate surface area is 196 Å². The van der Waals surface area contributed by atoms with E-state index in [0.717, 1.165) is 56.5 Å². The number of aromatic nitrogens is 1. The van der Waals surface area contributed by atoms with Gasteiger partial charge in [-0.2, -0.15) is 13.2 Å². The Morgan fingerprint density at radius 1 is 1.03 bits per heavy atom. The lowest BCUT2D eigenvalue weighted by Crippen LogP contribution is -2.42. The maximum Gasteiger partial charge on any atom is 0.417 e. The van der Waals surface area contributed by atoms with Gasteiger partial charge in [0.15, 0.2) is 0 Å². The average Bonchev–Trinajstić information content (AvgIpc) is 3.32. The summed E-state index contributed by atoms with van der Waals surface area (Å²) < 4.78 is 38.0. The Morgan fingerprint density at radius 2 is 1.76 bits per heavy atom. The molecule has 2 aliphatic rings. The van der Waals surface area contributed by atoms with Gasteiger partial charge in [0.2, 0.25) is 5.91 Å². The van der Waals surface area contributed by atoms with Crippen molar-refractivity contribution in [2.24, 2.45) is 5.92 Å². The van der Waals surface area contributed by atoms with E-state index in [4.69, 9.17) is 0 Å². The van der Waals surface area contributed by atoms with Gasteiger partial charge in [-0.1, -0.05) is 25.0 Å². The van der Waals surface area contributed by atoms with Gasteiger partial charge in [0.1, 0.15) is 5.69 Å². The van der Waals surface area contributed by atoms with Crippen LogP contribution < -0.4 is 10.6 Å². The van der Waals surface area contributed by atoms with Crippen molar-refractivity contribution in [3.8, 4) is 0 Å². The second kappa shape index (κ2) is 10.5. The van der Waals surface area contributed by atoms with Crippen molar-refractivity contribution in [3.63, 3.8) is 0 Å². The van der Waals surface area contributed by atoms with E-state index in [-0.39, 0.29) is 17.5 Å². The third kappa shape index (κ3) is 6.34. The zero-order valence-electron chi connectivity index (χ0n) is 18.9. The quantitative estimate of drug-likeness (QED) is 0.641. The molecule has 1 aliphatic carbocycles. The molecule has 1 saturated heterocycles. The molecule has 2 heterocycles. The number of anilines is 1. The summed E-state index contributed by atoms with van der Waals surface area (Å²) in [6.07, 6.45) is 2.39. The van der Waals surface area contributed by atoms with Crippen molar-refractivity contribution in [1.82, 2.24) is 15.2 Å². The summed E-state index contributed by atoms with van der Waals surface area (Å²) >= 11 is 0. The molecule has 2 N–H and O–H groups in total. The smallest absolute Gasteiger partial charge is 0.353 e. The molecule has 182 valence electrons. The van der Waals surface area contributed by atoms with Gasteiger partial charge in [0.25, 0.3) is 5.91 Å². The van der Waals surface area contributed by atoms with Crippen LogP contribution in [0.25, 0.3) is 0 Å². The Morgan fingerprint density at radius 3 is 2.41 bits per heavy atom. The lowest BCUT2D eigenvalue weighted by atomic mass is 9.95. The first-order chi connectivity index (χ1) is 16.3. The fourth-order valence-corrected chi connectivity index (χ4v) is 4.64. The normalized spacial score (nSPS) is 18.1. The molecule has 2 fully saturated rings. The SMILES string of the molecule is O=C(Nc1cccc(CN2CCC(C(=O)NC3CCCC3)CC2)c1)c1ccc(C(F)(F)F)cn1. The standard InChI is InChI=1S/C25H29F3N4O2/c26-25(27,28)19-8-9-22(29-15-19)24(34)31-21-7-3-4-17(14-21)16-32-12-10-18(11-13-32)23(33)30-20-5-1-2-6-20/h3-4,7-9,14-15,18,20H,1-2,5-6,10-13,16H2,(H,30,33)(H,31,34). The van der Waals surface area contributed by atoms with Crippen LogP contribution in [0.2, 0.25) is 0 Å². The molecule has 1 saturated carbocycles. The second-order valence-corrected chi connectivity index (χ2v) is 9.12. The van der Waals surface area contributed by atoms with Gasteiger partial charge in [-0.25, -0.2) is 0 Å². The van der Waals surface area contributed by atoms with Gasteiger partial charge in [0.05, 0.1) is 5.56 Å². The minimum absolute atomic E-state index is 0.0682. The number of amides is 2. The molecular formula is C25H29F3N4O2. The molecule has 6 nitrogen and oxygen atoms in total. The number of likely N-dealkylation sites (tertiary alicyclic amines) is 1. The van der Waals surface area contributed by atoms with E-state index in [1.165, 1.54) is 12.8 Å². The third-order valence-electron chi connectivity index (χ3n) is 6.57. The molecular weight excluding hydrogens is 445 g/mol. The molecule has 34 heavy (non-hydrogen) atoms. The number of piperidine rings is 1. The fourth-order valence-electron chi connectivity index (χ4n) is 4.64. The molecule has 1 aliphatic heterocycles. The Hall–Kier alpha value is -2.94. The van der Waals surface area contributed by atoms with E-state index in [1.54, 1.807) is 6.07 Å². The Kier molecular flexibility index (Phi) is 7.50. The van der Waals surface area contributed by atoms with E-state index >= 15 is 0 Å². The molecule has 2 aromatic rings. The number of hydrogen-bond donors (Lipinski definition) is 2. The van der Waals surface area contributed by atoms with Crippen LogP contribution in [0.4, 0.5) is 18.9 Å². The molecule has 0 atom stereocenters. The van der Waals surface area contributed by atoms with Crippen molar-refractivity contribution in [2.75, 3.05) is 18.4 Å². The van der Waals surface area contributed by atoms with Gasteiger partial charge in [-0.3, -0.25) is 19.5 Å². The number of nitrogens with one attached hydrogen (secondary N) is 2. The van der Waals surface area contributed by atoms with Gasteiger partial charge in [0, 0.05) is 30.4 Å². The van der Waals surface area contributed by atoms with Gasteiger partial charge in [-0.15, -0.1) is 0 Å². The monoisotopic (exact) mass is 474 g/mol. The van der Waals surface area contributed by atoms with Crippen molar-refractivity contribution < 1.29 is 22.8 Å². The van der Waals surface area contributed by atoms with Crippen LogP contribution in [0.5, 0.6) is 0 Å². The lowest BCUT2D eigenvalue weighted by Gasteiger charge is -2.32. The van der Waals surface area contributed by atoms with Crippen LogP contribution in [-0.2, 0) is 17.5 Å². The highest BCUT2D eigenvalue weighted by atomic mass is 19.4. The van der Waals surface area contributed by atoms with Crippen molar-refractivity contribution in [1.29, 1.82) is 0 Å². The Bertz CT molecular complexity index is 996. The second-order valence-electron chi connectivity index (χ2n) is 9.12. The number of hydrogen-bond acceptors (Lipinski definition) is 4. The zero-order valence-corrected chi connectivity index (χ0v) is 18.9. The number of rotatable bonds is 6. The summed E-state index contributed by atoms with van der Waals surface area (Å²) in [7, 11) is 0. The van der Waals surface area contributed by atoms with Crippen LogP contribution in [0, 0.1) is 5.92 Å². The molecule has 0 spiro atoms. The summed E-state index contributed by atoms with van der Waals surface area (Å²) in [5, 5.41) is 5.90. The summed E-state index contributed by atoms with van der Waals surface area (Å²) in [5.41, 5.74) is 0.573. The topological polar surface area (TPSA) is 74.3 Å². The molecule has 0 unspecified atom stereocenters. The largest absolute Gasteiger partial charge is 0.417 e. The first-order valence-electron chi connectivity index (χ1n) is 11.7. The van der Waals surface area contributed by atoms with Gasteiger partial charge < -0.3 is 10.6 Å². The summed E-state index contributed by atoms with van der Waals surface area (Å²) in [6, 6.07) is 9.62. The third-order valence-corrected chi connectivity index (χ3v) is 6.57. The fraction of sp³-hybridized carbons (Fsp3) is 0.480. The van der Waals surface area contributed by atoms with Crippen molar-refractivity contribution in [3.05, 3.63) is 59.4 Å². The van der Waals surface area contributed by atoms with Crippen molar-refractivity contribution in [2.45, 2.75) is 57.3 Å². The molecule has 1 aromatic carbocycles. The van der Waals surface area contributed by atoms with E-state index in [9.17, 15) is 22.8 Å². The van der Waals surface area contributed by atoms with Crippen LogP contribution in [0.3, 0.4) is 0 Å². The highest BCUT2D eigenvalue weighted by Gasteiger charge is 2.31. The number of halogens is 3. The number of nitrogens with zero attached hydrogens (tertiary/aromatic N) is 2. The lowest BCUT2D eigenvalue weighted by molar-refractivity contribution is -0.137. The summed E-state index contributed by atoms with van der Waals surface area (Å²) in [4.78, 5) is 30.8. The highest BCUT2D eigenvalue weighted by molar-refractivity contribution is 6.02. The molecule has 0 bridgehead atoms. The minimum Gasteiger partial charge on any atom is -0.353 e. The molecule has 1 aromatic heterocycles. The minimum atomic E-state index is -4.50. The van der Waals surface area contributed by atoms with E-state index in [1.807, 2.05) is 18.2 Å². The van der Waals surface area contributed by atoms with Crippen LogP contribution in [0.15, 0.2) is 42.6 Å². The van der Waals surface area contributed by atoms with Crippen LogP contribution >= 0.6 is 0 Å². The first-order valence-corrected chi connectivity index (χ1v) is 11.7. The number of benzene rings is 1. The molecule has 4 rings (SSSR count). The Balaban J connectivity index is 1.27. The van der Waals surface area contributed by atoms with Gasteiger partial charge in [-0.05, 0) is 68.6 Å². The average molecular weight is 475 g/mol. The van der Waals surface area contributed by atoms with E-state index in [0.29, 0.717) is 24.5 Å². The molecule has 9 heteroatoms. The molecule has 2 amide bonds. The zero-order chi connectivity index (χ0) is 24.1. The number of pyridine rings is 1. The maximum atomic E-state index is 12.7. The van der Waals surface area contributed by atoms with Gasteiger partial charge >= 0.3 is 6.18 Å².